The molecule has 0 spiro atoms. The Morgan fingerprint density at radius 2 is 1.15 bits per heavy atom. The average Bonchev–Trinajstić information content (AvgIpc) is 1.24. The van der Waals surface area contributed by atoms with Gasteiger partial charge < -0.3 is 35.5 Å². The fourth-order valence-corrected chi connectivity index (χ4v) is 13.3. The fourth-order valence-electron chi connectivity index (χ4n) is 10.7. The van der Waals surface area contributed by atoms with Gasteiger partial charge in [0.15, 0.2) is 38.2 Å². The number of nitrogens with zero attached hydrogens (tertiary/aromatic N) is 8. The smallest absolute Gasteiger partial charge is 0.290 e. The van der Waals surface area contributed by atoms with Gasteiger partial charge in [-0.15, -0.1) is 10.7 Å². The molecule has 0 radical (unpaired) electrons. The summed E-state index contributed by atoms with van der Waals surface area (Å²) in [6.07, 6.45) is 10.0. The number of nitro benzene ring substituents is 2. The van der Waals surface area contributed by atoms with Gasteiger partial charge in [-0.2, -0.15) is 25.1 Å². The van der Waals surface area contributed by atoms with E-state index < -0.39 is 41.4 Å². The van der Waals surface area contributed by atoms with Crippen molar-refractivity contribution in [2.45, 2.75) is 82.9 Å². The molecule has 102 heavy (non-hydrogen) atoms. The van der Waals surface area contributed by atoms with E-state index in [1.54, 1.807) is 153 Å². The number of aryl methyl sites for hydroxylation is 2. The number of ether oxygens (including phenoxy) is 2. The van der Waals surface area contributed by atoms with Crippen molar-refractivity contribution in [3.8, 4) is 0 Å². The zero-order chi connectivity index (χ0) is 72.6. The predicted molar refractivity (Wildman–Crippen MR) is 374 cm³/mol. The van der Waals surface area contributed by atoms with Gasteiger partial charge in [0.1, 0.15) is 5.52 Å². The first-order valence-corrected chi connectivity index (χ1v) is 34.6. The van der Waals surface area contributed by atoms with Crippen LogP contribution in [0.1, 0.15) is 46.7 Å². The highest BCUT2D eigenvalue weighted by molar-refractivity contribution is 7.93. The SMILES string of the molecule is Cc1ccc(S(=O)(=O)Nc2ccc(NNOCn3ncc4cc([N+](=O)[O-])ccc43)cc2)c(C)c1NC(=O)C[n+]1cccc(CONCCOCCOCCC(C)(O)c2ccc[n+](CC(=O)Nc3c(C)ccc(S(=O)(=O)Nc4ccc(NNCOn5ncc6cc([N+](=O)[O-])ccc65)cc4)c3C)c2)c1. The third-order valence-corrected chi connectivity index (χ3v) is 19.0. The van der Waals surface area contributed by atoms with Crippen LogP contribution in [0.25, 0.3) is 21.8 Å². The topological polar surface area (TPSA) is 407 Å². The molecule has 35 heteroatoms. The zero-order valence-corrected chi connectivity index (χ0v) is 57.5. The van der Waals surface area contributed by atoms with E-state index in [-0.39, 0.29) is 97.8 Å². The van der Waals surface area contributed by atoms with Gasteiger partial charge in [0.25, 0.3) is 43.2 Å². The van der Waals surface area contributed by atoms with Crippen LogP contribution in [0.4, 0.5) is 45.5 Å². The van der Waals surface area contributed by atoms with Crippen molar-refractivity contribution >= 4 is 99.2 Å². The molecule has 1 atom stereocenters. The first-order valence-electron chi connectivity index (χ1n) is 31.6. The van der Waals surface area contributed by atoms with Gasteiger partial charge in [-0.1, -0.05) is 17.0 Å². The number of benzene rings is 6. The third kappa shape index (κ3) is 19.4. The van der Waals surface area contributed by atoms with Crippen LogP contribution in [-0.4, -0.2) is 103 Å². The molecule has 4 heterocycles. The van der Waals surface area contributed by atoms with E-state index in [0.29, 0.717) is 85.5 Å². The van der Waals surface area contributed by atoms with Crippen LogP contribution in [0.2, 0.25) is 0 Å². The predicted octanol–water partition coefficient (Wildman–Crippen LogP) is 6.75. The number of anilines is 6. The molecule has 1 unspecified atom stereocenters. The molecule has 0 saturated carbocycles. The number of fused-ring (bicyclic) bond motifs is 2. The zero-order valence-electron chi connectivity index (χ0n) is 55.9. The summed E-state index contributed by atoms with van der Waals surface area (Å²) in [4.78, 5) is 66.1. The summed E-state index contributed by atoms with van der Waals surface area (Å²) < 4.78 is 76.4. The monoisotopic (exact) mass is 1440 g/mol. The standard InChI is InChI=1S/C67H73N17O16S2/c1-45-10-24-61(102(94,95)77-56-18-14-54(15-19-56)75-78-99-44-81-59-22-20-57(83(88)89)34-50(59)36-69-81)47(3)65(45)72-63(85)40-79-28-6-8-49(38-79)42-98-71-27-31-97-33-32-96-30-26-67(5,87)52-9-7-29-80(39-52)41-64(86)73-66-46(2)11-25-62(48(66)4)101(92,93)76-55-16-12-53(13-17-55)74-68-43-100-82-60-23-21-58(84(90)91)35-51(60)37-70-82/h6-25,28-29,34-39,68,71,74-78,87H,26-27,30-33,40-44H2,1-5H3/p+2. The number of carbonyl (C=O) groups excluding carboxylic acids is 2. The number of non-ortho nitro benzene ring substituents is 2. The van der Waals surface area contributed by atoms with Crippen LogP contribution < -0.4 is 61.4 Å². The molecule has 2 amide bonds. The van der Waals surface area contributed by atoms with Crippen LogP contribution in [0.5, 0.6) is 0 Å². The number of rotatable bonds is 37. The summed E-state index contributed by atoms with van der Waals surface area (Å²) in [5, 5.41) is 48.9. The Morgan fingerprint density at radius 3 is 1.75 bits per heavy atom. The Labute approximate surface area is 584 Å². The van der Waals surface area contributed by atoms with Crippen LogP contribution in [0, 0.1) is 47.9 Å². The number of hydroxylamine groups is 1. The minimum absolute atomic E-state index is 0.0216. The number of hydrogen-bond acceptors (Lipinski definition) is 23. The number of hydrogen-bond donors (Lipinski definition) is 10. The number of sulfonamides is 2. The van der Waals surface area contributed by atoms with E-state index in [2.05, 4.69) is 57.6 Å². The lowest BCUT2D eigenvalue weighted by Gasteiger charge is -2.22. The van der Waals surface area contributed by atoms with Crippen LogP contribution in [0.15, 0.2) is 180 Å². The lowest BCUT2D eigenvalue weighted by Crippen LogP contribution is -2.41. The first kappa shape index (κ1) is 73.6. The summed E-state index contributed by atoms with van der Waals surface area (Å²) >= 11 is 0. The second-order valence-electron chi connectivity index (χ2n) is 23.5. The van der Waals surface area contributed by atoms with E-state index in [9.17, 15) is 51.8 Å². The Hall–Kier alpha value is -11.1. The van der Waals surface area contributed by atoms with Gasteiger partial charge in [-0.25, -0.2) is 21.5 Å². The fraction of sp³-hybridized carbons (Fsp3) is 0.254. The third-order valence-electron chi connectivity index (χ3n) is 16.0. The highest BCUT2D eigenvalue weighted by Gasteiger charge is 2.28. The molecule has 534 valence electrons. The van der Waals surface area contributed by atoms with E-state index in [4.69, 9.17) is 24.0 Å². The number of carbonyl (C=O) groups is 2. The molecular weight excluding hydrogens is 1360 g/mol. The molecular formula is C67H75N17O16S2+2. The van der Waals surface area contributed by atoms with E-state index in [1.807, 2.05) is 6.07 Å². The largest absolute Gasteiger partial charge is 0.385 e. The molecule has 10 aromatic rings. The number of nitrogens with one attached hydrogen (secondary N) is 9. The summed E-state index contributed by atoms with van der Waals surface area (Å²) in [7, 11) is -8.23. The summed E-state index contributed by atoms with van der Waals surface area (Å²) in [5.41, 5.74) is 19.6. The maximum absolute atomic E-state index is 13.7. The summed E-state index contributed by atoms with van der Waals surface area (Å²) in [6, 6.07) is 34.7. The number of nitro groups is 2. The molecule has 10 N–H and O–H groups in total. The average molecular weight is 1440 g/mol. The van der Waals surface area contributed by atoms with Crippen molar-refractivity contribution in [3.63, 3.8) is 0 Å². The van der Waals surface area contributed by atoms with Crippen molar-refractivity contribution in [3.05, 3.63) is 224 Å². The van der Waals surface area contributed by atoms with Crippen molar-refractivity contribution in [1.82, 2.24) is 36.2 Å². The molecule has 33 nitrogen and oxygen atoms in total. The highest BCUT2D eigenvalue weighted by atomic mass is 32.2. The second-order valence-corrected chi connectivity index (χ2v) is 26.8. The lowest BCUT2D eigenvalue weighted by molar-refractivity contribution is -0.684. The molecule has 0 bridgehead atoms. The van der Waals surface area contributed by atoms with E-state index >= 15 is 0 Å². The molecule has 6 aromatic carbocycles. The Balaban J connectivity index is 0.587. The summed E-state index contributed by atoms with van der Waals surface area (Å²) in [6.45, 7) is 9.72. The quantitative estimate of drug-likeness (QED) is 0.00632. The van der Waals surface area contributed by atoms with Crippen LogP contribution in [-0.2, 0) is 80.8 Å². The number of hydrazine groups is 2. The maximum atomic E-state index is 13.7. The molecule has 0 saturated heterocycles. The van der Waals surface area contributed by atoms with Crippen molar-refractivity contribution in [2.75, 3.05) is 70.6 Å². The van der Waals surface area contributed by atoms with Gasteiger partial charge in [-0.3, -0.25) is 54.4 Å². The van der Waals surface area contributed by atoms with Gasteiger partial charge in [0.05, 0.1) is 75.3 Å². The first-order chi connectivity index (χ1) is 48.9. The van der Waals surface area contributed by atoms with E-state index in [1.165, 1.54) is 64.4 Å². The van der Waals surface area contributed by atoms with Gasteiger partial charge in [-0.05, 0) is 142 Å². The van der Waals surface area contributed by atoms with Crippen molar-refractivity contribution in [2.24, 2.45) is 0 Å². The van der Waals surface area contributed by atoms with Gasteiger partial charge in [0.2, 0.25) is 13.1 Å². The Morgan fingerprint density at radius 1 is 0.618 bits per heavy atom. The van der Waals surface area contributed by atoms with Crippen molar-refractivity contribution in [1.29, 1.82) is 0 Å². The van der Waals surface area contributed by atoms with E-state index in [0.717, 1.165) is 5.56 Å². The molecule has 0 aliphatic rings. The molecule has 0 aliphatic heterocycles. The van der Waals surface area contributed by atoms with Crippen LogP contribution in [0.3, 0.4) is 0 Å². The molecule has 0 aliphatic carbocycles. The molecule has 4 aromatic heterocycles. The van der Waals surface area contributed by atoms with Gasteiger partial charge >= 0.3 is 0 Å². The number of aromatic nitrogens is 6. The number of amides is 2. The normalized spacial score (nSPS) is 12.2. The molecule has 10 rings (SSSR count). The maximum Gasteiger partial charge on any atom is 0.290 e. The second kappa shape index (κ2) is 33.4. The van der Waals surface area contributed by atoms with Gasteiger partial charge in [0, 0.05) is 106 Å². The minimum Gasteiger partial charge on any atom is -0.385 e. The minimum atomic E-state index is -4.12. The Kier molecular flexibility index (Phi) is 24.1. The number of pyridine rings is 2. The lowest BCUT2D eigenvalue weighted by atomic mass is 9.94. The molecule has 0 fully saturated rings. The number of aliphatic hydroxyl groups is 1. The Bertz CT molecular complexity index is 4910. The highest BCUT2D eigenvalue weighted by Crippen LogP contribution is 2.32. The van der Waals surface area contributed by atoms with Crippen LogP contribution >= 0.6 is 0 Å². The van der Waals surface area contributed by atoms with Crippen molar-refractivity contribution < 1.29 is 74.5 Å². The summed E-state index contributed by atoms with van der Waals surface area (Å²) in [5.74, 6) is -0.809.